The maximum Gasteiger partial charge on any atom is 0.147 e. The minimum Gasteiger partial charge on any atom is -0.301 e. The lowest BCUT2D eigenvalue weighted by atomic mass is 10.1. The van der Waals surface area contributed by atoms with Crippen LogP contribution in [0.1, 0.15) is 19.4 Å². The maximum atomic E-state index is 11.0. The molecule has 2 heterocycles. The first-order valence-electron chi connectivity index (χ1n) is 5.19. The van der Waals surface area contributed by atoms with Gasteiger partial charge in [-0.2, -0.15) is 10.4 Å². The fraction of sp³-hybridized carbons (Fsp3) is 0.250. The molecule has 0 aliphatic rings. The van der Waals surface area contributed by atoms with E-state index in [0.717, 1.165) is 11.2 Å². The molecule has 0 bridgehead atoms. The van der Waals surface area contributed by atoms with Crippen LogP contribution in [-0.2, 0) is 10.3 Å². The Morgan fingerprint density at radius 2 is 2.33 bits per heavy atom. The first-order valence-corrected chi connectivity index (χ1v) is 6.45. The molecule has 0 N–H and O–H groups in total. The Labute approximate surface area is 113 Å². The molecule has 0 radical (unpaired) electrons. The number of halogens is 1. The molecule has 92 valence electrons. The van der Waals surface area contributed by atoms with Crippen LogP contribution in [0.3, 0.4) is 0 Å². The number of nitrogens with zero attached hydrogens (tertiary/aromatic N) is 3. The van der Waals surface area contributed by atoms with Crippen LogP contribution >= 0.6 is 22.9 Å². The molecule has 0 amide bonds. The predicted molar refractivity (Wildman–Crippen MR) is 70.7 cm³/mol. The lowest BCUT2D eigenvalue weighted by Gasteiger charge is -2.16. The number of carbonyl (C=O) groups is 1. The van der Waals surface area contributed by atoms with Crippen molar-refractivity contribution in [3.05, 3.63) is 28.2 Å². The molecule has 0 saturated heterocycles. The third-order valence-electron chi connectivity index (χ3n) is 2.55. The Morgan fingerprint density at radius 1 is 1.61 bits per heavy atom. The molecule has 18 heavy (non-hydrogen) atoms. The Bertz CT molecular complexity index is 636. The Hall–Kier alpha value is -1.64. The largest absolute Gasteiger partial charge is 0.301 e. The molecular formula is C12H10ClN3OS. The monoisotopic (exact) mass is 279 g/mol. The van der Waals surface area contributed by atoms with E-state index in [4.69, 9.17) is 16.9 Å². The highest BCUT2D eigenvalue weighted by atomic mass is 35.5. The quantitative estimate of drug-likeness (QED) is 0.811. The minimum atomic E-state index is -0.784. The predicted octanol–water partition coefficient (Wildman–Crippen LogP) is 3.07. The van der Waals surface area contributed by atoms with Crippen molar-refractivity contribution < 1.29 is 4.79 Å². The van der Waals surface area contributed by atoms with Crippen LogP contribution in [0.15, 0.2) is 17.6 Å². The maximum absolute atomic E-state index is 11.0. The van der Waals surface area contributed by atoms with Gasteiger partial charge in [0.05, 0.1) is 15.5 Å². The smallest absolute Gasteiger partial charge is 0.147 e. The first-order chi connectivity index (χ1) is 8.49. The highest BCUT2D eigenvalue weighted by molar-refractivity contribution is 7.14. The third-order valence-corrected chi connectivity index (χ3v) is 3.89. The summed E-state index contributed by atoms with van der Waals surface area (Å²) in [6, 6.07) is 3.83. The molecule has 2 aromatic heterocycles. The summed E-state index contributed by atoms with van der Waals surface area (Å²) in [6.07, 6.45) is 2.36. The lowest BCUT2D eigenvalue weighted by molar-refractivity contribution is -0.114. The minimum absolute atomic E-state index is 0.411. The second kappa shape index (κ2) is 4.56. The Morgan fingerprint density at radius 3 is 2.83 bits per heavy atom. The number of rotatable bonds is 3. The zero-order valence-corrected chi connectivity index (χ0v) is 11.4. The van der Waals surface area contributed by atoms with Crippen LogP contribution < -0.4 is 0 Å². The van der Waals surface area contributed by atoms with E-state index in [-0.39, 0.29) is 0 Å². The second-order valence-electron chi connectivity index (χ2n) is 4.32. The molecular weight excluding hydrogens is 270 g/mol. The summed E-state index contributed by atoms with van der Waals surface area (Å²) in [5.41, 5.74) is 0.148. The van der Waals surface area contributed by atoms with Gasteiger partial charge in [0.15, 0.2) is 0 Å². The van der Waals surface area contributed by atoms with Crippen molar-refractivity contribution in [1.82, 2.24) is 9.78 Å². The number of aromatic nitrogens is 2. The van der Waals surface area contributed by atoms with Crippen LogP contribution in [0.2, 0.25) is 5.02 Å². The van der Waals surface area contributed by atoms with E-state index in [0.29, 0.717) is 16.3 Å². The number of thiophene rings is 1. The number of carbonyl (C=O) groups excluding carboxylic acids is 1. The van der Waals surface area contributed by atoms with Crippen LogP contribution in [0.25, 0.3) is 10.6 Å². The van der Waals surface area contributed by atoms with Gasteiger partial charge in [-0.1, -0.05) is 11.6 Å². The highest BCUT2D eigenvalue weighted by Gasteiger charge is 2.24. The SMILES string of the molecule is CC(C)(C=O)n1cc(C#N)c(-c2sccc2Cl)n1. The normalized spacial score (nSPS) is 11.2. The topological polar surface area (TPSA) is 58.7 Å². The number of nitriles is 1. The molecule has 0 saturated carbocycles. The summed E-state index contributed by atoms with van der Waals surface area (Å²) in [7, 11) is 0. The van der Waals surface area contributed by atoms with Crippen molar-refractivity contribution in [1.29, 1.82) is 5.26 Å². The van der Waals surface area contributed by atoms with E-state index in [9.17, 15) is 4.79 Å². The highest BCUT2D eigenvalue weighted by Crippen LogP contribution is 2.34. The second-order valence-corrected chi connectivity index (χ2v) is 5.64. The zero-order valence-electron chi connectivity index (χ0n) is 9.85. The first kappa shape index (κ1) is 12.8. The molecule has 4 nitrogen and oxygen atoms in total. The number of aldehydes is 1. The van der Waals surface area contributed by atoms with Gasteiger partial charge in [0, 0.05) is 6.20 Å². The van der Waals surface area contributed by atoms with Crippen molar-refractivity contribution in [2.24, 2.45) is 0 Å². The van der Waals surface area contributed by atoms with E-state index in [1.54, 1.807) is 26.1 Å². The van der Waals surface area contributed by atoms with Gasteiger partial charge in [0.25, 0.3) is 0 Å². The Kier molecular flexibility index (Phi) is 3.24. The zero-order chi connectivity index (χ0) is 13.3. The molecule has 0 aliphatic heterocycles. The van der Waals surface area contributed by atoms with Gasteiger partial charge in [-0.3, -0.25) is 4.68 Å². The van der Waals surface area contributed by atoms with E-state index >= 15 is 0 Å². The van der Waals surface area contributed by atoms with E-state index in [1.165, 1.54) is 16.0 Å². The molecule has 0 atom stereocenters. The van der Waals surface area contributed by atoms with Crippen molar-refractivity contribution in [3.63, 3.8) is 0 Å². The van der Waals surface area contributed by atoms with Gasteiger partial charge >= 0.3 is 0 Å². The van der Waals surface area contributed by atoms with E-state index in [1.807, 2.05) is 5.38 Å². The third kappa shape index (κ3) is 2.05. The molecule has 2 rings (SSSR count). The molecule has 0 unspecified atom stereocenters. The summed E-state index contributed by atoms with van der Waals surface area (Å²) >= 11 is 7.46. The Balaban J connectivity index is 2.60. The van der Waals surface area contributed by atoms with Crippen molar-refractivity contribution in [2.75, 3.05) is 0 Å². The summed E-state index contributed by atoms with van der Waals surface area (Å²) in [5.74, 6) is 0. The number of hydrogen-bond acceptors (Lipinski definition) is 4. The van der Waals surface area contributed by atoms with Gasteiger partial charge in [-0.05, 0) is 25.3 Å². The molecule has 0 fully saturated rings. The van der Waals surface area contributed by atoms with Gasteiger partial charge in [-0.25, -0.2) is 0 Å². The van der Waals surface area contributed by atoms with Crippen molar-refractivity contribution >= 4 is 29.2 Å². The van der Waals surface area contributed by atoms with Gasteiger partial charge in [-0.15, -0.1) is 11.3 Å². The van der Waals surface area contributed by atoms with E-state index in [2.05, 4.69) is 11.2 Å². The standard InChI is InChI=1S/C12H10ClN3OS/c1-12(2,7-17)16-6-8(5-14)10(15-16)11-9(13)3-4-18-11/h3-4,6-7H,1-2H3. The fourth-order valence-electron chi connectivity index (χ4n) is 1.44. The molecule has 6 heteroatoms. The van der Waals surface area contributed by atoms with Crippen LogP contribution in [0.5, 0.6) is 0 Å². The molecule has 2 aromatic rings. The van der Waals surface area contributed by atoms with Gasteiger partial charge < -0.3 is 4.79 Å². The summed E-state index contributed by atoms with van der Waals surface area (Å²) < 4.78 is 1.49. The number of hydrogen-bond donors (Lipinski definition) is 0. The van der Waals surface area contributed by atoms with Crippen LogP contribution in [0, 0.1) is 11.3 Å². The van der Waals surface area contributed by atoms with Crippen LogP contribution in [-0.4, -0.2) is 16.1 Å². The summed E-state index contributed by atoms with van der Waals surface area (Å²) in [4.78, 5) is 11.8. The average molecular weight is 280 g/mol. The van der Waals surface area contributed by atoms with E-state index < -0.39 is 5.54 Å². The molecule has 0 aliphatic carbocycles. The van der Waals surface area contributed by atoms with Gasteiger partial charge in [0.1, 0.15) is 23.6 Å². The van der Waals surface area contributed by atoms with Gasteiger partial charge in [0.2, 0.25) is 0 Å². The van der Waals surface area contributed by atoms with Crippen molar-refractivity contribution in [3.8, 4) is 16.6 Å². The summed E-state index contributed by atoms with van der Waals surface area (Å²) in [5, 5.41) is 15.8. The lowest BCUT2D eigenvalue weighted by Crippen LogP contribution is -2.28. The molecule has 0 aromatic carbocycles. The molecule has 0 spiro atoms. The summed E-state index contributed by atoms with van der Waals surface area (Å²) in [6.45, 7) is 3.46. The average Bonchev–Trinajstić information content (AvgIpc) is 2.94. The fourth-order valence-corrected chi connectivity index (χ4v) is 2.58. The van der Waals surface area contributed by atoms with Crippen molar-refractivity contribution in [2.45, 2.75) is 19.4 Å². The van der Waals surface area contributed by atoms with Crippen LogP contribution in [0.4, 0.5) is 0 Å².